The molecule has 0 bridgehead atoms. The monoisotopic (exact) mass is 262 g/mol. The summed E-state index contributed by atoms with van der Waals surface area (Å²) in [4.78, 5) is 25.4. The third kappa shape index (κ3) is 2.20. The minimum atomic E-state index is -2.65. The minimum Gasteiger partial charge on any atom is -0.340 e. The third-order valence-corrected chi connectivity index (χ3v) is 3.91. The number of hydrogen-bond donors (Lipinski definition) is 1. The largest absolute Gasteiger partial charge is 0.340 e. The molecule has 0 aromatic carbocycles. The molecule has 2 atom stereocenters. The van der Waals surface area contributed by atoms with E-state index in [0.717, 1.165) is 4.90 Å². The molecule has 18 heavy (non-hydrogen) atoms. The first kappa shape index (κ1) is 14.9. The smallest absolute Gasteiger partial charge is 0.255 e. The number of hydrogen-bond acceptors (Lipinski definition) is 2. The van der Waals surface area contributed by atoms with Crippen molar-refractivity contribution in [1.29, 1.82) is 0 Å². The van der Waals surface area contributed by atoms with Gasteiger partial charge in [0.05, 0.1) is 6.54 Å². The van der Waals surface area contributed by atoms with E-state index in [4.69, 9.17) is 0 Å². The summed E-state index contributed by atoms with van der Waals surface area (Å²) in [5.41, 5.74) is -2.27. The molecule has 1 aliphatic heterocycles. The highest BCUT2D eigenvalue weighted by atomic mass is 19.3. The number of amides is 2. The van der Waals surface area contributed by atoms with E-state index in [2.05, 4.69) is 5.32 Å². The molecule has 104 valence electrons. The van der Waals surface area contributed by atoms with E-state index in [1.54, 1.807) is 20.8 Å². The Morgan fingerprint density at radius 2 is 1.78 bits per heavy atom. The highest BCUT2D eigenvalue weighted by molar-refractivity contribution is 6.01. The summed E-state index contributed by atoms with van der Waals surface area (Å²) in [6.07, 6.45) is -1.97. The molecule has 0 radical (unpaired) electrons. The van der Waals surface area contributed by atoms with Crippen LogP contribution in [0.4, 0.5) is 8.78 Å². The van der Waals surface area contributed by atoms with E-state index in [1.807, 2.05) is 0 Å². The fourth-order valence-electron chi connectivity index (χ4n) is 2.10. The van der Waals surface area contributed by atoms with Gasteiger partial charge in [-0.05, 0) is 26.7 Å². The SMILES string of the molecule is CCC1(C)NC(=O)C(C)(CC)N(CC(F)F)C1=O. The molecule has 1 heterocycles. The molecule has 1 N–H and O–H groups in total. The highest BCUT2D eigenvalue weighted by Crippen LogP contribution is 2.31. The van der Waals surface area contributed by atoms with Crippen molar-refractivity contribution in [2.45, 2.75) is 58.0 Å². The van der Waals surface area contributed by atoms with E-state index >= 15 is 0 Å². The van der Waals surface area contributed by atoms with Crippen LogP contribution in [0.25, 0.3) is 0 Å². The Kier molecular flexibility index (Phi) is 3.98. The average Bonchev–Trinajstić information content (AvgIpc) is 2.32. The Morgan fingerprint density at radius 1 is 1.22 bits per heavy atom. The lowest BCUT2D eigenvalue weighted by atomic mass is 9.84. The number of alkyl halides is 2. The molecule has 4 nitrogen and oxygen atoms in total. The van der Waals surface area contributed by atoms with E-state index in [0.29, 0.717) is 12.8 Å². The van der Waals surface area contributed by atoms with Crippen LogP contribution >= 0.6 is 0 Å². The van der Waals surface area contributed by atoms with Crippen LogP contribution in [0.2, 0.25) is 0 Å². The summed E-state index contributed by atoms with van der Waals surface area (Å²) in [7, 11) is 0. The van der Waals surface area contributed by atoms with Gasteiger partial charge in [-0.3, -0.25) is 9.59 Å². The van der Waals surface area contributed by atoms with Crippen LogP contribution in [0.1, 0.15) is 40.5 Å². The quantitative estimate of drug-likeness (QED) is 0.835. The van der Waals surface area contributed by atoms with Crippen molar-refractivity contribution in [2.75, 3.05) is 6.54 Å². The second kappa shape index (κ2) is 4.82. The summed E-state index contributed by atoms with van der Waals surface area (Å²) in [6, 6.07) is 0. The molecule has 2 amide bonds. The van der Waals surface area contributed by atoms with Gasteiger partial charge in [0, 0.05) is 0 Å². The summed E-state index contributed by atoms with van der Waals surface area (Å²) in [5.74, 6) is -0.802. The number of halogens is 2. The first-order chi connectivity index (χ1) is 8.21. The fraction of sp³-hybridized carbons (Fsp3) is 0.833. The van der Waals surface area contributed by atoms with Crippen molar-refractivity contribution in [3.05, 3.63) is 0 Å². The molecule has 0 aromatic heterocycles. The minimum absolute atomic E-state index is 0.303. The second-order valence-electron chi connectivity index (χ2n) is 5.07. The fourth-order valence-corrected chi connectivity index (χ4v) is 2.10. The van der Waals surface area contributed by atoms with Crippen molar-refractivity contribution in [2.24, 2.45) is 0 Å². The van der Waals surface area contributed by atoms with Gasteiger partial charge < -0.3 is 10.2 Å². The number of rotatable bonds is 4. The molecule has 1 aliphatic rings. The third-order valence-electron chi connectivity index (χ3n) is 3.91. The molecular weight excluding hydrogens is 242 g/mol. The molecule has 0 aliphatic carbocycles. The van der Waals surface area contributed by atoms with Crippen molar-refractivity contribution < 1.29 is 18.4 Å². The maximum atomic E-state index is 12.6. The summed E-state index contributed by atoms with van der Waals surface area (Å²) in [6.45, 7) is 5.85. The molecule has 1 saturated heterocycles. The second-order valence-corrected chi connectivity index (χ2v) is 5.07. The Labute approximate surface area is 106 Å². The normalized spacial score (nSPS) is 32.9. The van der Waals surface area contributed by atoms with E-state index in [9.17, 15) is 18.4 Å². The number of carbonyl (C=O) groups is 2. The van der Waals surface area contributed by atoms with Gasteiger partial charge in [0.1, 0.15) is 11.1 Å². The van der Waals surface area contributed by atoms with Gasteiger partial charge in [-0.1, -0.05) is 13.8 Å². The van der Waals surface area contributed by atoms with E-state index < -0.39 is 30.0 Å². The van der Waals surface area contributed by atoms with E-state index in [-0.39, 0.29) is 5.91 Å². The number of carbonyl (C=O) groups excluding carboxylic acids is 2. The van der Waals surface area contributed by atoms with Crippen LogP contribution in [-0.4, -0.2) is 40.8 Å². The molecule has 1 fully saturated rings. The molecule has 0 saturated carbocycles. The average molecular weight is 262 g/mol. The maximum absolute atomic E-state index is 12.6. The van der Waals surface area contributed by atoms with E-state index in [1.165, 1.54) is 6.92 Å². The summed E-state index contributed by atoms with van der Waals surface area (Å²) < 4.78 is 25.3. The van der Waals surface area contributed by atoms with Crippen molar-refractivity contribution in [3.8, 4) is 0 Å². The molecule has 0 aromatic rings. The number of nitrogens with zero attached hydrogens (tertiary/aromatic N) is 1. The van der Waals surface area contributed by atoms with Gasteiger partial charge in [0.15, 0.2) is 0 Å². The van der Waals surface area contributed by atoms with Crippen LogP contribution in [0.3, 0.4) is 0 Å². The van der Waals surface area contributed by atoms with Crippen LogP contribution in [0, 0.1) is 0 Å². The zero-order valence-corrected chi connectivity index (χ0v) is 11.2. The molecular formula is C12H20F2N2O2. The first-order valence-electron chi connectivity index (χ1n) is 6.14. The number of nitrogens with one attached hydrogen (secondary N) is 1. The lowest BCUT2D eigenvalue weighted by molar-refractivity contribution is -0.164. The Balaban J connectivity index is 3.17. The van der Waals surface area contributed by atoms with Gasteiger partial charge in [-0.15, -0.1) is 0 Å². The summed E-state index contributed by atoms with van der Waals surface area (Å²) in [5, 5.41) is 2.66. The van der Waals surface area contributed by atoms with Crippen LogP contribution in [0.5, 0.6) is 0 Å². The van der Waals surface area contributed by atoms with Gasteiger partial charge in [-0.2, -0.15) is 0 Å². The van der Waals surface area contributed by atoms with Gasteiger partial charge in [-0.25, -0.2) is 8.78 Å². The van der Waals surface area contributed by atoms with Crippen molar-refractivity contribution in [1.82, 2.24) is 10.2 Å². The highest BCUT2D eigenvalue weighted by Gasteiger charge is 2.53. The van der Waals surface area contributed by atoms with Crippen LogP contribution in [-0.2, 0) is 9.59 Å². The Bertz CT molecular complexity index is 362. The summed E-state index contributed by atoms with van der Waals surface area (Å²) >= 11 is 0. The predicted octanol–water partition coefficient (Wildman–Crippen LogP) is 1.55. The van der Waals surface area contributed by atoms with Gasteiger partial charge >= 0.3 is 0 Å². The zero-order valence-electron chi connectivity index (χ0n) is 11.2. The topological polar surface area (TPSA) is 49.4 Å². The maximum Gasteiger partial charge on any atom is 0.255 e. The van der Waals surface area contributed by atoms with Crippen molar-refractivity contribution >= 4 is 11.8 Å². The molecule has 6 heteroatoms. The van der Waals surface area contributed by atoms with Crippen molar-refractivity contribution in [3.63, 3.8) is 0 Å². The molecule has 0 spiro atoms. The van der Waals surface area contributed by atoms with Gasteiger partial charge in [0.2, 0.25) is 11.8 Å². The first-order valence-corrected chi connectivity index (χ1v) is 6.14. The lowest BCUT2D eigenvalue weighted by Crippen LogP contribution is -2.74. The Morgan fingerprint density at radius 3 is 2.17 bits per heavy atom. The Hall–Kier alpha value is -1.20. The standard InChI is InChI=1S/C12H20F2N2O2/c1-5-11(3)10(18)16(7-8(13)14)12(4,6-2)9(17)15-11/h8H,5-7H2,1-4H3,(H,15,17). The van der Waals surface area contributed by atoms with Gasteiger partial charge in [0.25, 0.3) is 6.43 Å². The van der Waals surface area contributed by atoms with Crippen LogP contribution < -0.4 is 5.32 Å². The molecule has 1 rings (SSSR count). The number of piperazine rings is 1. The predicted molar refractivity (Wildman–Crippen MR) is 63.3 cm³/mol. The lowest BCUT2D eigenvalue weighted by Gasteiger charge is -2.49. The molecule has 2 unspecified atom stereocenters. The zero-order chi connectivity index (χ0) is 14.1. The van der Waals surface area contributed by atoms with Crippen LogP contribution in [0.15, 0.2) is 0 Å².